The number of carbonyl (C=O) groups is 4. The van der Waals surface area contributed by atoms with Crippen LogP contribution in [-0.2, 0) is 19.2 Å². The van der Waals surface area contributed by atoms with Crippen LogP contribution in [0.1, 0.15) is 11.5 Å². The number of amides is 2. The standard InChI is InChI=1S/C16H13ClN2O7S/c17-8-5-27-14-10(13(22)19(14)11(8)16(25)26)18-12(21)9(15(23)24)6-1-3-7(20)4-2-6/h1-4,9-10,14,20H,5H2,(H,18,21)(H,23,24)(H,25,26)/t9?,10?,14-/m1/s1. The van der Waals surface area contributed by atoms with E-state index in [0.29, 0.717) is 0 Å². The number of halogens is 1. The Balaban J connectivity index is 1.78. The number of rotatable bonds is 5. The first-order valence-electron chi connectivity index (χ1n) is 7.61. The van der Waals surface area contributed by atoms with Gasteiger partial charge in [-0.3, -0.25) is 19.3 Å². The van der Waals surface area contributed by atoms with Crippen LogP contribution in [0.2, 0.25) is 0 Å². The maximum Gasteiger partial charge on any atom is 0.353 e. The van der Waals surface area contributed by atoms with Gasteiger partial charge >= 0.3 is 11.9 Å². The summed E-state index contributed by atoms with van der Waals surface area (Å²) in [6, 6.07) is 4.03. The fraction of sp³-hybridized carbons (Fsp3) is 0.250. The van der Waals surface area contributed by atoms with Gasteiger partial charge in [-0.15, -0.1) is 11.8 Å². The van der Waals surface area contributed by atoms with Gasteiger partial charge in [-0.25, -0.2) is 4.79 Å². The average molecular weight is 413 g/mol. The maximum atomic E-state index is 12.5. The van der Waals surface area contributed by atoms with Crippen LogP contribution in [0.15, 0.2) is 35.0 Å². The van der Waals surface area contributed by atoms with E-state index < -0.39 is 41.1 Å². The van der Waals surface area contributed by atoms with E-state index in [-0.39, 0.29) is 27.8 Å². The van der Waals surface area contributed by atoms with Crippen LogP contribution in [0.3, 0.4) is 0 Å². The van der Waals surface area contributed by atoms with E-state index in [9.17, 15) is 34.5 Å². The molecule has 9 nitrogen and oxygen atoms in total. The Hall–Kier alpha value is -2.72. The molecule has 0 aromatic heterocycles. The zero-order valence-corrected chi connectivity index (χ0v) is 15.0. The number of phenolic OH excluding ortho intramolecular Hbond substituents is 1. The molecule has 0 aliphatic carbocycles. The number of carbonyl (C=O) groups excluding carboxylic acids is 2. The average Bonchev–Trinajstić information content (AvgIpc) is 2.60. The summed E-state index contributed by atoms with van der Waals surface area (Å²) in [4.78, 5) is 48.6. The van der Waals surface area contributed by atoms with E-state index >= 15 is 0 Å². The summed E-state index contributed by atoms with van der Waals surface area (Å²) in [5.74, 6) is -5.88. The highest BCUT2D eigenvalue weighted by Crippen LogP contribution is 2.41. The quantitative estimate of drug-likeness (QED) is 0.404. The van der Waals surface area contributed by atoms with E-state index in [2.05, 4.69) is 5.32 Å². The second kappa shape index (κ2) is 7.12. The molecule has 0 bridgehead atoms. The number of hydrogen-bond donors (Lipinski definition) is 4. The van der Waals surface area contributed by atoms with Crippen LogP contribution in [-0.4, -0.2) is 61.1 Å². The number of β-lactam (4-membered cyclic amide) rings is 1. The smallest absolute Gasteiger partial charge is 0.353 e. The monoisotopic (exact) mass is 412 g/mol. The molecule has 2 heterocycles. The van der Waals surface area contributed by atoms with Crippen molar-refractivity contribution >= 4 is 47.1 Å². The third-order valence-electron chi connectivity index (χ3n) is 4.16. The summed E-state index contributed by atoms with van der Waals surface area (Å²) in [5.41, 5.74) is -0.198. The first kappa shape index (κ1) is 19.1. The highest BCUT2D eigenvalue weighted by molar-refractivity contribution is 8.00. The summed E-state index contributed by atoms with van der Waals surface area (Å²) < 4.78 is 0. The summed E-state index contributed by atoms with van der Waals surface area (Å²) in [5, 5.41) is 29.6. The van der Waals surface area contributed by atoms with Gasteiger partial charge in [-0.05, 0) is 17.7 Å². The highest BCUT2D eigenvalue weighted by Gasteiger charge is 2.54. The lowest BCUT2D eigenvalue weighted by Gasteiger charge is -2.48. The van der Waals surface area contributed by atoms with Gasteiger partial charge in [0.15, 0.2) is 5.92 Å². The number of aromatic hydroxyl groups is 1. The minimum absolute atomic E-state index is 0.0226. The molecule has 1 fully saturated rings. The number of carboxylic acids is 2. The van der Waals surface area contributed by atoms with Crippen molar-refractivity contribution in [1.29, 1.82) is 0 Å². The summed E-state index contributed by atoms with van der Waals surface area (Å²) in [6.45, 7) is 0. The van der Waals surface area contributed by atoms with Crippen molar-refractivity contribution in [3.8, 4) is 5.75 Å². The maximum absolute atomic E-state index is 12.5. The number of aliphatic carboxylic acids is 2. The first-order valence-corrected chi connectivity index (χ1v) is 9.03. The third-order valence-corrected chi connectivity index (χ3v) is 5.91. The summed E-state index contributed by atoms with van der Waals surface area (Å²) >= 11 is 7.04. The van der Waals surface area contributed by atoms with Gasteiger partial charge in [0.2, 0.25) is 5.91 Å². The fourth-order valence-corrected chi connectivity index (χ4v) is 4.44. The van der Waals surface area contributed by atoms with Crippen molar-refractivity contribution in [2.45, 2.75) is 17.3 Å². The Morgan fingerprint density at radius 3 is 2.41 bits per heavy atom. The highest BCUT2D eigenvalue weighted by atomic mass is 35.5. The van der Waals surface area contributed by atoms with Gasteiger partial charge < -0.3 is 20.6 Å². The van der Waals surface area contributed by atoms with Crippen LogP contribution in [0.25, 0.3) is 0 Å². The van der Waals surface area contributed by atoms with E-state index in [1.165, 1.54) is 36.0 Å². The zero-order chi connectivity index (χ0) is 19.9. The molecule has 2 aliphatic rings. The molecular weight excluding hydrogens is 400 g/mol. The van der Waals surface area contributed by atoms with Crippen molar-refractivity contribution in [3.05, 3.63) is 40.6 Å². The third kappa shape index (κ3) is 3.33. The van der Waals surface area contributed by atoms with E-state index in [1.807, 2.05) is 0 Å². The molecule has 142 valence electrons. The van der Waals surface area contributed by atoms with E-state index in [4.69, 9.17) is 11.6 Å². The SMILES string of the molecule is O=C(O)C1=C(Cl)CS[C@@H]2C(NC(=O)C(C(=O)O)c3ccc(O)cc3)C(=O)N12. The number of benzene rings is 1. The Morgan fingerprint density at radius 1 is 1.22 bits per heavy atom. The minimum Gasteiger partial charge on any atom is -0.508 e. The van der Waals surface area contributed by atoms with Crippen molar-refractivity contribution in [2.24, 2.45) is 0 Å². The minimum atomic E-state index is -1.58. The summed E-state index contributed by atoms with van der Waals surface area (Å²) in [7, 11) is 0. The molecule has 4 N–H and O–H groups in total. The van der Waals surface area contributed by atoms with Crippen molar-refractivity contribution < 1.29 is 34.5 Å². The largest absolute Gasteiger partial charge is 0.508 e. The number of hydrogen-bond acceptors (Lipinski definition) is 6. The van der Waals surface area contributed by atoms with Gasteiger partial charge in [0.05, 0.1) is 5.03 Å². The predicted octanol–water partition coefficient (Wildman–Crippen LogP) is 0.495. The number of nitrogens with one attached hydrogen (secondary N) is 1. The van der Waals surface area contributed by atoms with Gasteiger partial charge in [0, 0.05) is 5.75 Å². The second-order valence-corrected chi connectivity index (χ2v) is 7.38. The molecular formula is C16H13ClN2O7S. The lowest BCUT2D eigenvalue weighted by molar-refractivity contribution is -0.152. The molecule has 1 aromatic rings. The Morgan fingerprint density at radius 2 is 1.85 bits per heavy atom. The van der Waals surface area contributed by atoms with Crippen molar-refractivity contribution in [2.75, 3.05) is 5.75 Å². The molecule has 2 amide bonds. The zero-order valence-electron chi connectivity index (χ0n) is 13.5. The number of carboxylic acid groups (broad SMARTS) is 2. The van der Waals surface area contributed by atoms with Crippen LogP contribution >= 0.6 is 23.4 Å². The molecule has 1 saturated heterocycles. The molecule has 3 atom stereocenters. The molecule has 2 unspecified atom stereocenters. The van der Waals surface area contributed by atoms with Crippen molar-refractivity contribution in [3.63, 3.8) is 0 Å². The van der Waals surface area contributed by atoms with Gasteiger partial charge in [0.1, 0.15) is 22.9 Å². The Labute approximate surface area is 161 Å². The van der Waals surface area contributed by atoms with Crippen LogP contribution in [0.4, 0.5) is 0 Å². The van der Waals surface area contributed by atoms with Crippen LogP contribution in [0.5, 0.6) is 5.75 Å². The first-order chi connectivity index (χ1) is 12.7. The molecule has 3 rings (SSSR count). The summed E-state index contributed by atoms with van der Waals surface area (Å²) in [6.07, 6.45) is 0. The molecule has 0 saturated carbocycles. The topological polar surface area (TPSA) is 144 Å². The molecule has 0 spiro atoms. The van der Waals surface area contributed by atoms with E-state index in [0.717, 1.165) is 4.90 Å². The second-order valence-electron chi connectivity index (χ2n) is 5.82. The van der Waals surface area contributed by atoms with Crippen LogP contribution in [0, 0.1) is 0 Å². The fourth-order valence-electron chi connectivity index (χ4n) is 2.89. The Bertz CT molecular complexity index is 870. The Kier molecular flexibility index (Phi) is 5.03. The lowest BCUT2D eigenvalue weighted by atomic mass is 9.96. The van der Waals surface area contributed by atoms with Gasteiger partial charge in [-0.2, -0.15) is 0 Å². The van der Waals surface area contributed by atoms with E-state index in [1.54, 1.807) is 0 Å². The normalized spacial score (nSPS) is 22.6. The van der Waals surface area contributed by atoms with Crippen molar-refractivity contribution in [1.82, 2.24) is 10.2 Å². The number of phenols is 1. The molecule has 27 heavy (non-hydrogen) atoms. The molecule has 0 radical (unpaired) electrons. The lowest BCUT2D eigenvalue weighted by Crippen LogP contribution is -2.70. The number of fused-ring (bicyclic) bond motifs is 1. The molecule has 2 aliphatic heterocycles. The molecule has 1 aromatic carbocycles. The van der Waals surface area contributed by atoms with Gasteiger partial charge in [0.25, 0.3) is 5.91 Å². The van der Waals surface area contributed by atoms with Crippen LogP contribution < -0.4 is 5.32 Å². The number of thioether (sulfide) groups is 1. The predicted molar refractivity (Wildman–Crippen MR) is 94.0 cm³/mol. The molecule has 11 heteroatoms. The van der Waals surface area contributed by atoms with Gasteiger partial charge in [-0.1, -0.05) is 23.7 Å². The number of nitrogens with zero attached hydrogens (tertiary/aromatic N) is 1.